The summed E-state index contributed by atoms with van der Waals surface area (Å²) in [6.07, 6.45) is 0.882. The van der Waals surface area contributed by atoms with Crippen LogP contribution in [0.4, 0.5) is 0 Å². The van der Waals surface area contributed by atoms with Crippen LogP contribution in [0.1, 0.15) is 17.0 Å². The smallest absolute Gasteiger partial charge is 0.0596 e. The van der Waals surface area contributed by atoms with E-state index in [0.717, 1.165) is 17.9 Å². The molecule has 0 aliphatic heterocycles. The van der Waals surface area contributed by atoms with Crippen LogP contribution in [0.25, 0.3) is 0 Å². The van der Waals surface area contributed by atoms with Crippen molar-refractivity contribution in [2.24, 2.45) is 12.9 Å². The van der Waals surface area contributed by atoms with E-state index in [9.17, 15) is 0 Å². The first-order chi connectivity index (χ1) is 9.58. The Morgan fingerprint density at radius 3 is 2.55 bits per heavy atom. The van der Waals surface area contributed by atoms with E-state index in [1.807, 2.05) is 30.4 Å². The molecule has 1 heterocycles. The van der Waals surface area contributed by atoms with Crippen LogP contribution in [0.3, 0.4) is 0 Å². The number of nitrogens with two attached hydrogens (primary N) is 1. The minimum Gasteiger partial charge on any atom is -0.272 e. The Bertz CT molecular complexity index is 548. The van der Waals surface area contributed by atoms with Crippen molar-refractivity contribution in [3.63, 3.8) is 0 Å². The molecule has 4 nitrogen and oxygen atoms in total. The molecule has 1 aromatic heterocycles. The fourth-order valence-electron chi connectivity index (χ4n) is 2.10. The average molecular weight is 290 g/mol. The Morgan fingerprint density at radius 2 is 2.00 bits per heavy atom. The summed E-state index contributed by atoms with van der Waals surface area (Å²) in [6, 6.07) is 10.9. The summed E-state index contributed by atoms with van der Waals surface area (Å²) >= 11 is 1.82. The van der Waals surface area contributed by atoms with Crippen LogP contribution in [0.15, 0.2) is 35.2 Å². The zero-order chi connectivity index (χ0) is 14.5. The molecule has 2 aromatic rings. The third-order valence-corrected chi connectivity index (χ3v) is 4.44. The van der Waals surface area contributed by atoms with Gasteiger partial charge in [0.05, 0.1) is 5.69 Å². The summed E-state index contributed by atoms with van der Waals surface area (Å²) in [5.74, 6) is 6.61. The lowest BCUT2D eigenvalue weighted by molar-refractivity contribution is 0.551. The zero-order valence-electron chi connectivity index (χ0n) is 12.3. The van der Waals surface area contributed by atoms with Crippen molar-refractivity contribution < 1.29 is 0 Å². The van der Waals surface area contributed by atoms with Crippen molar-refractivity contribution >= 4 is 11.8 Å². The van der Waals surface area contributed by atoms with Crippen LogP contribution in [-0.4, -0.2) is 21.6 Å². The van der Waals surface area contributed by atoms with E-state index < -0.39 is 0 Å². The second-order valence-corrected chi connectivity index (χ2v) is 6.19. The molecule has 0 aliphatic rings. The fourth-order valence-corrected chi connectivity index (χ4v) is 3.04. The van der Waals surface area contributed by atoms with Gasteiger partial charge in [-0.1, -0.05) is 17.7 Å². The number of hydrazine groups is 1. The maximum absolute atomic E-state index is 5.67. The molecule has 1 unspecified atom stereocenters. The number of benzene rings is 1. The number of aryl methyl sites for hydroxylation is 3. The highest BCUT2D eigenvalue weighted by Crippen LogP contribution is 2.20. The molecule has 3 N–H and O–H groups in total. The van der Waals surface area contributed by atoms with E-state index in [4.69, 9.17) is 5.84 Å². The van der Waals surface area contributed by atoms with Crippen molar-refractivity contribution in [1.82, 2.24) is 15.2 Å². The summed E-state index contributed by atoms with van der Waals surface area (Å²) in [7, 11) is 1.98. The van der Waals surface area contributed by atoms with Crippen LogP contribution in [-0.2, 0) is 13.5 Å². The molecular formula is C15H22N4S. The highest BCUT2D eigenvalue weighted by atomic mass is 32.2. The molecule has 2 rings (SSSR count). The van der Waals surface area contributed by atoms with E-state index in [1.54, 1.807) is 0 Å². The molecule has 1 aromatic carbocycles. The maximum Gasteiger partial charge on any atom is 0.0596 e. The summed E-state index contributed by atoms with van der Waals surface area (Å²) in [5.41, 5.74) is 6.44. The SMILES string of the molecule is Cc1ccc(SCC(Cc2cc(C)nn2C)NN)cc1. The molecule has 20 heavy (non-hydrogen) atoms. The van der Waals surface area contributed by atoms with Crippen LogP contribution in [0, 0.1) is 13.8 Å². The first kappa shape index (κ1) is 15.1. The van der Waals surface area contributed by atoms with Crippen LogP contribution in [0.2, 0.25) is 0 Å². The Hall–Kier alpha value is -1.30. The molecule has 0 fully saturated rings. The van der Waals surface area contributed by atoms with Gasteiger partial charge in [-0.05, 0) is 32.0 Å². The van der Waals surface area contributed by atoms with Crippen molar-refractivity contribution in [3.05, 3.63) is 47.3 Å². The van der Waals surface area contributed by atoms with Crippen molar-refractivity contribution in [1.29, 1.82) is 0 Å². The molecule has 0 bridgehead atoms. The Labute approximate surface area is 124 Å². The molecular weight excluding hydrogens is 268 g/mol. The molecule has 0 saturated carbocycles. The van der Waals surface area contributed by atoms with E-state index in [2.05, 4.69) is 47.8 Å². The molecule has 1 atom stereocenters. The lowest BCUT2D eigenvalue weighted by atomic mass is 10.2. The standard InChI is InChI=1S/C15H22N4S/c1-11-4-6-15(7-5-11)20-10-13(17-16)9-14-8-12(2)18-19(14)3/h4-8,13,17H,9-10,16H2,1-3H3. The Morgan fingerprint density at radius 1 is 1.30 bits per heavy atom. The van der Waals surface area contributed by atoms with Crippen molar-refractivity contribution in [2.45, 2.75) is 31.2 Å². The second-order valence-electron chi connectivity index (χ2n) is 5.09. The summed E-state index contributed by atoms with van der Waals surface area (Å²) in [6.45, 7) is 4.11. The van der Waals surface area contributed by atoms with Gasteiger partial charge in [0.15, 0.2) is 0 Å². The van der Waals surface area contributed by atoms with Crippen LogP contribution < -0.4 is 11.3 Å². The van der Waals surface area contributed by atoms with Gasteiger partial charge < -0.3 is 0 Å². The lowest BCUT2D eigenvalue weighted by Crippen LogP contribution is -2.39. The second kappa shape index (κ2) is 6.92. The van der Waals surface area contributed by atoms with E-state index >= 15 is 0 Å². The molecule has 108 valence electrons. The number of rotatable bonds is 6. The normalized spacial score (nSPS) is 12.6. The fraction of sp³-hybridized carbons (Fsp3) is 0.400. The van der Waals surface area contributed by atoms with Gasteiger partial charge in [-0.2, -0.15) is 5.10 Å². The summed E-state index contributed by atoms with van der Waals surface area (Å²) in [5, 5.41) is 4.37. The first-order valence-corrected chi connectivity index (χ1v) is 7.72. The third-order valence-electron chi connectivity index (χ3n) is 3.26. The topological polar surface area (TPSA) is 55.9 Å². The molecule has 0 aliphatic carbocycles. The quantitative estimate of drug-likeness (QED) is 0.486. The highest BCUT2D eigenvalue weighted by Gasteiger charge is 2.12. The van der Waals surface area contributed by atoms with Crippen LogP contribution >= 0.6 is 11.8 Å². The minimum atomic E-state index is 0.233. The van der Waals surface area contributed by atoms with Crippen molar-refractivity contribution in [2.75, 3.05) is 5.75 Å². The van der Waals surface area contributed by atoms with E-state index in [-0.39, 0.29) is 6.04 Å². The number of nitrogens with one attached hydrogen (secondary N) is 1. The van der Waals surface area contributed by atoms with Crippen LogP contribution in [0.5, 0.6) is 0 Å². The molecule has 0 saturated heterocycles. The van der Waals surface area contributed by atoms with Gasteiger partial charge in [0.1, 0.15) is 0 Å². The van der Waals surface area contributed by atoms with Gasteiger partial charge in [-0.3, -0.25) is 16.0 Å². The molecule has 0 amide bonds. The number of thioether (sulfide) groups is 1. The first-order valence-electron chi connectivity index (χ1n) is 6.73. The van der Waals surface area contributed by atoms with E-state index in [1.165, 1.54) is 16.2 Å². The van der Waals surface area contributed by atoms with Gasteiger partial charge in [0.2, 0.25) is 0 Å². The lowest BCUT2D eigenvalue weighted by Gasteiger charge is -2.15. The summed E-state index contributed by atoms with van der Waals surface area (Å²) < 4.78 is 1.93. The van der Waals surface area contributed by atoms with Crippen molar-refractivity contribution in [3.8, 4) is 0 Å². The molecule has 0 radical (unpaired) electrons. The van der Waals surface area contributed by atoms with Gasteiger partial charge in [0.25, 0.3) is 0 Å². The average Bonchev–Trinajstić information content (AvgIpc) is 2.74. The zero-order valence-corrected chi connectivity index (χ0v) is 13.1. The monoisotopic (exact) mass is 290 g/mol. The Kier molecular flexibility index (Phi) is 5.23. The van der Waals surface area contributed by atoms with Gasteiger partial charge in [0, 0.05) is 35.9 Å². The highest BCUT2D eigenvalue weighted by molar-refractivity contribution is 7.99. The largest absolute Gasteiger partial charge is 0.272 e. The molecule has 0 spiro atoms. The van der Waals surface area contributed by atoms with E-state index in [0.29, 0.717) is 0 Å². The Balaban J connectivity index is 1.92. The minimum absolute atomic E-state index is 0.233. The number of hydrogen-bond acceptors (Lipinski definition) is 4. The van der Waals surface area contributed by atoms with Gasteiger partial charge in [-0.25, -0.2) is 0 Å². The third kappa shape index (κ3) is 4.10. The molecule has 5 heteroatoms. The maximum atomic E-state index is 5.67. The number of nitrogens with zero attached hydrogens (tertiary/aromatic N) is 2. The predicted octanol–water partition coefficient (Wildman–Crippen LogP) is 2.20. The number of aromatic nitrogens is 2. The van der Waals surface area contributed by atoms with Gasteiger partial charge in [-0.15, -0.1) is 11.8 Å². The summed E-state index contributed by atoms with van der Waals surface area (Å²) in [4.78, 5) is 1.28. The predicted molar refractivity (Wildman–Crippen MR) is 84.7 cm³/mol. The van der Waals surface area contributed by atoms with Gasteiger partial charge >= 0.3 is 0 Å². The number of hydrogen-bond donors (Lipinski definition) is 2.